The van der Waals surface area contributed by atoms with Crippen molar-refractivity contribution in [3.8, 4) is 89.0 Å². The Hall–Kier alpha value is -10.8. The van der Waals surface area contributed by atoms with Gasteiger partial charge in [0.05, 0.1) is 0 Å². The fraction of sp³-hybridized carbons (Fsp3) is 0.111. The van der Waals surface area contributed by atoms with Crippen molar-refractivity contribution in [3.05, 3.63) is 326 Å². The highest BCUT2D eigenvalue weighted by molar-refractivity contribution is 6.33. The van der Waals surface area contributed by atoms with Crippen molar-refractivity contribution in [2.45, 2.75) is 66.2 Å². The van der Waals surface area contributed by atoms with Crippen LogP contribution < -0.4 is 9.80 Å². The minimum atomic E-state index is -0.0735. The summed E-state index contributed by atoms with van der Waals surface area (Å²) in [7, 11) is 0. The van der Waals surface area contributed by atoms with Gasteiger partial charge in [0.1, 0.15) is 0 Å². The van der Waals surface area contributed by atoms with E-state index < -0.39 is 0 Å². The maximum absolute atomic E-state index is 2.51. The summed E-state index contributed by atoms with van der Waals surface area (Å²) in [4.78, 5) is 5.02. The molecule has 0 unspecified atom stereocenters. The van der Waals surface area contributed by atoms with Gasteiger partial charge in [0.15, 0.2) is 0 Å². The highest BCUT2D eigenvalue weighted by atomic mass is 15.2. The van der Waals surface area contributed by atoms with E-state index in [1.807, 2.05) is 0 Å². The molecule has 0 aliphatic heterocycles. The number of fused-ring (bicyclic) bond motifs is 6. The van der Waals surface area contributed by atoms with E-state index >= 15 is 0 Å². The van der Waals surface area contributed by atoms with Gasteiger partial charge in [-0.15, -0.1) is 0 Å². The van der Waals surface area contributed by atoms with Gasteiger partial charge in [-0.05, 0) is 218 Å². The van der Waals surface area contributed by atoms with E-state index in [1.54, 1.807) is 0 Å². The number of hydrogen-bond donors (Lipinski definition) is 0. The Balaban J connectivity index is 1.06. The first-order chi connectivity index (χ1) is 44.8. The van der Waals surface area contributed by atoms with Crippen LogP contribution in [-0.2, 0) is 10.8 Å². The first-order valence-electron chi connectivity index (χ1n) is 32.4. The van der Waals surface area contributed by atoms with Crippen molar-refractivity contribution in [2.24, 2.45) is 0 Å². The fourth-order valence-corrected chi connectivity index (χ4v) is 14.2. The van der Waals surface area contributed by atoms with Crippen LogP contribution in [-0.4, -0.2) is 0 Å². The van der Waals surface area contributed by atoms with Gasteiger partial charge < -0.3 is 9.80 Å². The largest absolute Gasteiger partial charge is 0.310 e. The summed E-state index contributed by atoms with van der Waals surface area (Å²) >= 11 is 0. The average Bonchev–Trinajstić information content (AvgIpc) is 0.670. The number of benzene rings is 14. The van der Waals surface area contributed by atoms with E-state index in [9.17, 15) is 0 Å². The predicted molar refractivity (Wildman–Crippen MR) is 395 cm³/mol. The van der Waals surface area contributed by atoms with Gasteiger partial charge in [-0.2, -0.15) is 0 Å². The summed E-state index contributed by atoms with van der Waals surface area (Å²) in [6.45, 7) is 18.4. The molecule has 0 aromatic heterocycles. The Morgan fingerprint density at radius 2 is 0.478 bits per heavy atom. The van der Waals surface area contributed by atoms with Gasteiger partial charge in [-0.3, -0.25) is 0 Å². The molecular formula is C90H74N2. The van der Waals surface area contributed by atoms with Crippen molar-refractivity contribution in [1.29, 1.82) is 0 Å². The topological polar surface area (TPSA) is 6.48 Å². The highest BCUT2D eigenvalue weighted by Crippen LogP contribution is 2.66. The van der Waals surface area contributed by atoms with Gasteiger partial charge >= 0.3 is 0 Å². The summed E-state index contributed by atoms with van der Waals surface area (Å²) in [5.74, 6) is 0. The molecule has 0 fully saturated rings. The number of hydrogen-bond acceptors (Lipinski definition) is 2. The van der Waals surface area contributed by atoms with Crippen LogP contribution in [0.25, 0.3) is 111 Å². The number of aryl methyl sites for hydroxylation is 2. The third-order valence-electron chi connectivity index (χ3n) is 18.9. The molecule has 0 saturated carbocycles. The van der Waals surface area contributed by atoms with Crippen LogP contribution in [0.15, 0.2) is 303 Å². The predicted octanol–water partition coefficient (Wildman–Crippen LogP) is 25.8. The van der Waals surface area contributed by atoms with Crippen LogP contribution in [0.5, 0.6) is 0 Å². The van der Waals surface area contributed by atoms with Crippen LogP contribution in [0.2, 0.25) is 0 Å². The lowest BCUT2D eigenvalue weighted by Gasteiger charge is -2.38. The van der Waals surface area contributed by atoms with Gasteiger partial charge in [-0.1, -0.05) is 284 Å². The summed E-state index contributed by atoms with van der Waals surface area (Å²) < 4.78 is 0. The van der Waals surface area contributed by atoms with E-state index in [2.05, 4.69) is 369 Å². The van der Waals surface area contributed by atoms with Crippen molar-refractivity contribution in [3.63, 3.8) is 0 Å². The quantitative estimate of drug-likeness (QED) is 0.120. The Bertz CT molecular complexity index is 4760. The molecule has 0 heterocycles. The molecule has 0 bridgehead atoms. The van der Waals surface area contributed by atoms with Crippen LogP contribution in [0.1, 0.15) is 63.8 Å². The number of nitrogens with zero attached hydrogens (tertiary/aromatic N) is 2. The second-order valence-electron chi connectivity index (χ2n) is 26.9. The highest BCUT2D eigenvalue weighted by Gasteiger charge is 2.39. The van der Waals surface area contributed by atoms with Crippen molar-refractivity contribution in [1.82, 2.24) is 0 Å². The van der Waals surface area contributed by atoms with E-state index in [4.69, 9.17) is 0 Å². The molecule has 2 heteroatoms. The second-order valence-corrected chi connectivity index (χ2v) is 26.9. The molecule has 0 radical (unpaired) electrons. The molecule has 0 atom stereocenters. The zero-order chi connectivity index (χ0) is 62.8. The molecule has 0 amide bonds. The summed E-state index contributed by atoms with van der Waals surface area (Å²) in [6, 6.07) is 113. The maximum Gasteiger partial charge on any atom is 0.0493 e. The normalized spacial score (nSPS) is 11.9. The minimum Gasteiger partial charge on any atom is -0.310 e. The molecule has 2 nitrogen and oxygen atoms in total. The molecular weight excluding hydrogens is 1110 g/mol. The summed E-state index contributed by atoms with van der Waals surface area (Å²) in [6.07, 6.45) is 0. The van der Waals surface area contributed by atoms with Crippen LogP contribution in [0.3, 0.4) is 0 Å². The van der Waals surface area contributed by atoms with Gasteiger partial charge in [-0.25, -0.2) is 0 Å². The summed E-state index contributed by atoms with van der Waals surface area (Å²) in [5, 5.41) is 4.80. The van der Waals surface area contributed by atoms with E-state index in [1.165, 1.54) is 133 Å². The van der Waals surface area contributed by atoms with Crippen molar-refractivity contribution >= 4 is 55.7 Å². The lowest BCUT2D eigenvalue weighted by atomic mass is 9.65. The van der Waals surface area contributed by atoms with Gasteiger partial charge in [0.25, 0.3) is 0 Å². The van der Waals surface area contributed by atoms with E-state index in [0.29, 0.717) is 0 Å². The monoisotopic (exact) mass is 1180 g/mol. The van der Waals surface area contributed by atoms with Crippen molar-refractivity contribution in [2.75, 3.05) is 9.80 Å². The standard InChI is InChI=1S/C90H74N2/c1-59-45-47-69(89(3,4)5)55-79(59)91(71-43-27-41-67(53-71)61-29-15-9-16-30-61)73-49-51-75-77(57-73)83(65-37-23-13-24-38-65)87-85(81(75)63-33-19-11-20-34-63)88-84(66-39-25-14-26-40-66)78-58-74(50-52-76(78)82(86(87)88)64-35-21-12-22-36-64)92(80-56-70(90(6,7)8)48-46-60(80)2)72-44-28-42-68(54-72)62-31-17-10-18-32-62/h9-58H,1-8H3. The SMILES string of the molecule is Cc1ccc(C(C)(C)C)cc1N(c1cccc(-c2ccccc2)c1)c1ccc2c(-c3ccccc3)c3c(c(-c4ccccc4)c2c1)-c1c-3c(-c2ccccc2)c2cc(N(c3cccc(-c4ccccc4)c3)c3cc(C(C)(C)C)ccc3C)ccc2c1-c1ccccc1. The molecule has 14 aromatic rings. The zero-order valence-corrected chi connectivity index (χ0v) is 53.8. The number of anilines is 6. The summed E-state index contributed by atoms with van der Waals surface area (Å²) in [5.41, 5.74) is 31.0. The molecule has 0 spiro atoms. The minimum absolute atomic E-state index is 0.0735. The maximum atomic E-state index is 2.51. The average molecular weight is 1180 g/mol. The van der Waals surface area contributed by atoms with E-state index in [-0.39, 0.29) is 10.8 Å². The Morgan fingerprint density at radius 1 is 0.207 bits per heavy atom. The molecule has 15 rings (SSSR count). The first kappa shape index (κ1) is 57.6. The molecule has 14 aromatic carbocycles. The molecule has 1 aliphatic carbocycles. The molecule has 0 N–H and O–H groups in total. The molecule has 444 valence electrons. The molecule has 1 aliphatic rings. The first-order valence-corrected chi connectivity index (χ1v) is 32.4. The van der Waals surface area contributed by atoms with Gasteiger partial charge in [0.2, 0.25) is 0 Å². The Morgan fingerprint density at radius 3 is 0.783 bits per heavy atom. The number of rotatable bonds is 12. The zero-order valence-electron chi connectivity index (χ0n) is 53.8. The third-order valence-corrected chi connectivity index (χ3v) is 18.9. The third kappa shape index (κ3) is 10.3. The smallest absolute Gasteiger partial charge is 0.0493 e. The molecule has 0 saturated heterocycles. The van der Waals surface area contributed by atoms with Crippen LogP contribution >= 0.6 is 0 Å². The van der Waals surface area contributed by atoms with E-state index in [0.717, 1.165) is 34.1 Å². The lowest BCUT2D eigenvalue weighted by molar-refractivity contribution is 0.590. The van der Waals surface area contributed by atoms with Crippen molar-refractivity contribution < 1.29 is 0 Å². The Labute approximate surface area is 543 Å². The van der Waals surface area contributed by atoms with Gasteiger partial charge in [0, 0.05) is 34.1 Å². The molecule has 92 heavy (non-hydrogen) atoms. The van der Waals surface area contributed by atoms with Crippen LogP contribution in [0, 0.1) is 13.8 Å². The van der Waals surface area contributed by atoms with Crippen LogP contribution in [0.4, 0.5) is 34.1 Å². The lowest BCUT2D eigenvalue weighted by Crippen LogP contribution is -2.16. The fourth-order valence-electron chi connectivity index (χ4n) is 14.2. The Kier molecular flexibility index (Phi) is 14.5. The second kappa shape index (κ2) is 23.2.